The summed E-state index contributed by atoms with van der Waals surface area (Å²) in [6, 6.07) is 0.392. The third kappa shape index (κ3) is 4.00. The first kappa shape index (κ1) is 21.9. The standard InChI is InChI=1S/C29H46N2/c1-18(2)23-16-25(31-17-23)13-19(3)27-9-10-28-26-8-6-21-15-24(30)7-5-20(21)14-22(26)11-12-29(27,28)4/h5,8,18-19,21-24,27-28H,6-7,9-17,30H2,1-4H3. The summed E-state index contributed by atoms with van der Waals surface area (Å²) in [6.45, 7) is 11.0. The maximum absolute atomic E-state index is 6.31. The fraction of sp³-hybridized carbons (Fsp3) is 0.828. The first-order valence-corrected chi connectivity index (χ1v) is 13.5. The number of hydrogen-bond acceptors (Lipinski definition) is 2. The van der Waals surface area contributed by atoms with Gasteiger partial charge in [0.2, 0.25) is 0 Å². The molecule has 0 spiro atoms. The monoisotopic (exact) mass is 422 g/mol. The number of fused-ring (bicyclic) bond motifs is 4. The van der Waals surface area contributed by atoms with Crippen LogP contribution in [0.25, 0.3) is 0 Å². The summed E-state index contributed by atoms with van der Waals surface area (Å²) >= 11 is 0. The van der Waals surface area contributed by atoms with Crippen LogP contribution in [0.15, 0.2) is 28.3 Å². The minimum Gasteiger partial charge on any atom is -0.327 e. The second kappa shape index (κ2) is 8.47. The molecule has 0 bridgehead atoms. The van der Waals surface area contributed by atoms with Crippen molar-refractivity contribution < 1.29 is 0 Å². The first-order chi connectivity index (χ1) is 14.8. The summed E-state index contributed by atoms with van der Waals surface area (Å²) in [4.78, 5) is 4.99. The Hall–Kier alpha value is -0.890. The number of hydrogen-bond donors (Lipinski definition) is 1. The lowest BCUT2D eigenvalue weighted by atomic mass is 9.58. The Morgan fingerprint density at radius 3 is 2.68 bits per heavy atom. The third-order valence-electron chi connectivity index (χ3n) is 10.5. The van der Waals surface area contributed by atoms with Crippen LogP contribution in [0.1, 0.15) is 91.9 Å². The fourth-order valence-corrected chi connectivity index (χ4v) is 8.50. The average molecular weight is 423 g/mol. The molecule has 4 aliphatic carbocycles. The lowest BCUT2D eigenvalue weighted by Gasteiger charge is -2.47. The molecule has 0 aromatic carbocycles. The van der Waals surface area contributed by atoms with Crippen LogP contribution >= 0.6 is 0 Å². The van der Waals surface area contributed by atoms with E-state index in [2.05, 4.69) is 39.8 Å². The van der Waals surface area contributed by atoms with E-state index >= 15 is 0 Å². The van der Waals surface area contributed by atoms with Gasteiger partial charge in [0, 0.05) is 18.3 Å². The molecular formula is C29H46N2. The van der Waals surface area contributed by atoms with Crippen molar-refractivity contribution in [2.24, 2.45) is 57.6 Å². The molecule has 2 N–H and O–H groups in total. The van der Waals surface area contributed by atoms with Gasteiger partial charge in [0.25, 0.3) is 0 Å². The van der Waals surface area contributed by atoms with E-state index in [1.54, 1.807) is 5.57 Å². The van der Waals surface area contributed by atoms with Gasteiger partial charge in [0.05, 0.1) is 0 Å². The summed E-state index contributed by atoms with van der Waals surface area (Å²) in [5.74, 6) is 5.62. The zero-order chi connectivity index (χ0) is 21.8. The zero-order valence-corrected chi connectivity index (χ0v) is 20.6. The van der Waals surface area contributed by atoms with Crippen LogP contribution in [0.3, 0.4) is 0 Å². The van der Waals surface area contributed by atoms with Crippen LogP contribution in [-0.2, 0) is 0 Å². The number of allylic oxidation sites excluding steroid dienone is 3. The lowest BCUT2D eigenvalue weighted by molar-refractivity contribution is 0.0839. The molecular weight excluding hydrogens is 376 g/mol. The Labute approximate surface area is 191 Å². The quantitative estimate of drug-likeness (QED) is 0.489. The molecule has 8 atom stereocenters. The van der Waals surface area contributed by atoms with Gasteiger partial charge in [-0.05, 0) is 111 Å². The van der Waals surface area contributed by atoms with E-state index in [9.17, 15) is 0 Å². The Balaban J connectivity index is 1.29. The highest BCUT2D eigenvalue weighted by atomic mass is 14.8. The van der Waals surface area contributed by atoms with Gasteiger partial charge in [-0.2, -0.15) is 0 Å². The molecule has 2 heteroatoms. The van der Waals surface area contributed by atoms with E-state index in [-0.39, 0.29) is 0 Å². The molecule has 2 nitrogen and oxygen atoms in total. The highest BCUT2D eigenvalue weighted by Crippen LogP contribution is 2.62. The van der Waals surface area contributed by atoms with Gasteiger partial charge < -0.3 is 5.73 Å². The van der Waals surface area contributed by atoms with Crippen molar-refractivity contribution >= 4 is 5.71 Å². The SMILES string of the molecule is CC(C)C1CN=C(CC(C)C2CCC3C4=CCC5CC(N)CC=C5CC4CCC32C)C1. The van der Waals surface area contributed by atoms with E-state index in [0.29, 0.717) is 11.5 Å². The lowest BCUT2D eigenvalue weighted by Crippen LogP contribution is -2.39. The van der Waals surface area contributed by atoms with E-state index in [4.69, 9.17) is 10.7 Å². The van der Waals surface area contributed by atoms with Gasteiger partial charge >= 0.3 is 0 Å². The Bertz CT molecular complexity index is 774. The van der Waals surface area contributed by atoms with Gasteiger partial charge in [-0.25, -0.2) is 0 Å². The zero-order valence-electron chi connectivity index (χ0n) is 20.6. The maximum Gasteiger partial charge on any atom is 0.0423 e. The van der Waals surface area contributed by atoms with Gasteiger partial charge in [-0.3, -0.25) is 4.99 Å². The van der Waals surface area contributed by atoms with Crippen molar-refractivity contribution in [3.63, 3.8) is 0 Å². The van der Waals surface area contributed by atoms with Crippen LogP contribution in [-0.4, -0.2) is 18.3 Å². The van der Waals surface area contributed by atoms with E-state index < -0.39 is 0 Å². The molecule has 8 unspecified atom stereocenters. The molecule has 1 heterocycles. The predicted octanol–water partition coefficient (Wildman–Crippen LogP) is 6.96. The summed E-state index contributed by atoms with van der Waals surface area (Å²) < 4.78 is 0. The largest absolute Gasteiger partial charge is 0.327 e. The molecule has 0 amide bonds. The second-order valence-corrected chi connectivity index (χ2v) is 12.6. The van der Waals surface area contributed by atoms with E-state index in [1.165, 1.54) is 63.5 Å². The summed E-state index contributed by atoms with van der Waals surface area (Å²) in [5, 5.41) is 0. The minimum absolute atomic E-state index is 0.392. The number of aliphatic imine (C=N–C) groups is 1. The van der Waals surface area contributed by atoms with Crippen molar-refractivity contribution in [1.29, 1.82) is 0 Å². The number of nitrogens with two attached hydrogens (primary N) is 1. The van der Waals surface area contributed by atoms with E-state index in [0.717, 1.165) is 54.4 Å². The smallest absolute Gasteiger partial charge is 0.0423 e. The van der Waals surface area contributed by atoms with Crippen LogP contribution in [0.2, 0.25) is 0 Å². The Kier molecular flexibility index (Phi) is 5.99. The summed E-state index contributed by atoms with van der Waals surface area (Å²) in [6.07, 6.45) is 18.4. The highest BCUT2D eigenvalue weighted by molar-refractivity contribution is 5.86. The summed E-state index contributed by atoms with van der Waals surface area (Å²) in [7, 11) is 0. The van der Waals surface area contributed by atoms with Crippen LogP contribution in [0.5, 0.6) is 0 Å². The molecule has 5 aliphatic rings. The molecule has 2 saturated carbocycles. The molecule has 0 aromatic rings. The third-order valence-corrected chi connectivity index (χ3v) is 10.5. The molecule has 0 saturated heterocycles. The van der Waals surface area contributed by atoms with Gasteiger partial charge in [-0.15, -0.1) is 0 Å². The highest BCUT2D eigenvalue weighted by Gasteiger charge is 2.53. The van der Waals surface area contributed by atoms with Gasteiger partial charge in [0.1, 0.15) is 0 Å². The minimum atomic E-state index is 0.392. The normalized spacial score (nSPS) is 43.4. The molecule has 2 fully saturated rings. The van der Waals surface area contributed by atoms with Crippen LogP contribution < -0.4 is 5.73 Å². The van der Waals surface area contributed by atoms with Crippen molar-refractivity contribution in [2.45, 2.75) is 97.9 Å². The number of rotatable bonds is 4. The topological polar surface area (TPSA) is 38.4 Å². The first-order valence-electron chi connectivity index (χ1n) is 13.5. The van der Waals surface area contributed by atoms with Crippen molar-refractivity contribution in [3.05, 3.63) is 23.3 Å². The van der Waals surface area contributed by atoms with Gasteiger partial charge in [0.15, 0.2) is 0 Å². The number of nitrogens with zero attached hydrogens (tertiary/aromatic N) is 1. The van der Waals surface area contributed by atoms with Crippen LogP contribution in [0, 0.1) is 46.8 Å². The van der Waals surface area contributed by atoms with E-state index in [1.807, 2.05) is 5.57 Å². The van der Waals surface area contributed by atoms with Crippen molar-refractivity contribution in [1.82, 2.24) is 0 Å². The maximum atomic E-state index is 6.31. The molecule has 5 rings (SSSR count). The molecule has 31 heavy (non-hydrogen) atoms. The molecule has 0 aromatic heterocycles. The van der Waals surface area contributed by atoms with Crippen molar-refractivity contribution in [2.75, 3.05) is 6.54 Å². The fourth-order valence-electron chi connectivity index (χ4n) is 8.50. The average Bonchev–Trinajstić information content (AvgIpc) is 3.28. The van der Waals surface area contributed by atoms with Crippen LogP contribution in [0.4, 0.5) is 0 Å². The van der Waals surface area contributed by atoms with Gasteiger partial charge in [-0.1, -0.05) is 51.0 Å². The Morgan fingerprint density at radius 2 is 1.90 bits per heavy atom. The second-order valence-electron chi connectivity index (χ2n) is 12.6. The predicted molar refractivity (Wildman–Crippen MR) is 132 cm³/mol. The van der Waals surface area contributed by atoms with Crippen molar-refractivity contribution in [3.8, 4) is 0 Å². The summed E-state index contributed by atoms with van der Waals surface area (Å²) in [5.41, 5.74) is 12.0. The molecule has 0 radical (unpaired) electrons. The Morgan fingerprint density at radius 1 is 1.06 bits per heavy atom. The molecule has 1 aliphatic heterocycles. The molecule has 172 valence electrons.